The van der Waals surface area contributed by atoms with Crippen LogP contribution in [0.1, 0.15) is 0 Å². The smallest absolute Gasteiger partial charge is 0.220 e. The van der Waals surface area contributed by atoms with Gasteiger partial charge in [0, 0.05) is 5.02 Å². The van der Waals surface area contributed by atoms with Crippen molar-refractivity contribution in [3.63, 3.8) is 0 Å². The van der Waals surface area contributed by atoms with Crippen molar-refractivity contribution >= 4 is 43.1 Å². The van der Waals surface area contributed by atoms with Crippen molar-refractivity contribution in [3.8, 4) is 5.75 Å². The van der Waals surface area contributed by atoms with E-state index in [1.54, 1.807) is 42.5 Å². The van der Waals surface area contributed by atoms with Gasteiger partial charge in [-0.2, -0.15) is 0 Å². The number of hydrogen-bond donors (Lipinski definition) is 1. The van der Waals surface area contributed by atoms with E-state index in [-0.39, 0.29) is 11.4 Å². The van der Waals surface area contributed by atoms with Gasteiger partial charge in [-0.05, 0) is 40.2 Å². The predicted molar refractivity (Wildman–Crippen MR) is 85.7 cm³/mol. The minimum atomic E-state index is -3.57. The minimum Gasteiger partial charge on any atom is -0.469 e. The number of fused-ring (bicyclic) bond motifs is 1. The van der Waals surface area contributed by atoms with Crippen molar-refractivity contribution in [2.75, 3.05) is 11.9 Å². The largest absolute Gasteiger partial charge is 0.469 e. The quantitative estimate of drug-likeness (QED) is 0.852. The predicted octanol–water partition coefficient (Wildman–Crippen LogP) is 3.71. The standard InChI is InChI=1S/C14H11BrClNO3S/c15-11-6-9(16)7-12-14(11)20-13(8-17-12)21(18,19)10-4-2-1-3-5-10/h1-7,13,17H,8H2. The molecule has 7 heteroatoms. The Morgan fingerprint density at radius 3 is 2.67 bits per heavy atom. The molecule has 3 rings (SSSR count). The molecule has 21 heavy (non-hydrogen) atoms. The Balaban J connectivity index is 1.97. The van der Waals surface area contributed by atoms with E-state index in [0.29, 0.717) is 20.9 Å². The van der Waals surface area contributed by atoms with Crippen molar-refractivity contribution in [2.45, 2.75) is 10.3 Å². The van der Waals surface area contributed by atoms with Crippen LogP contribution in [0.2, 0.25) is 5.02 Å². The molecule has 4 nitrogen and oxygen atoms in total. The van der Waals surface area contributed by atoms with Crippen molar-refractivity contribution in [2.24, 2.45) is 0 Å². The van der Waals surface area contributed by atoms with Crippen LogP contribution >= 0.6 is 27.5 Å². The number of rotatable bonds is 2. The van der Waals surface area contributed by atoms with Gasteiger partial charge in [-0.3, -0.25) is 0 Å². The molecule has 0 amide bonds. The van der Waals surface area contributed by atoms with Crippen molar-refractivity contribution in [3.05, 3.63) is 52.0 Å². The molecule has 1 unspecified atom stereocenters. The molecule has 2 aromatic rings. The molecular formula is C14H11BrClNO3S. The summed E-state index contributed by atoms with van der Waals surface area (Å²) in [6.45, 7) is 0.164. The van der Waals surface area contributed by atoms with E-state index >= 15 is 0 Å². The number of hydrogen-bond acceptors (Lipinski definition) is 4. The topological polar surface area (TPSA) is 55.4 Å². The zero-order chi connectivity index (χ0) is 15.0. The third kappa shape index (κ3) is 2.75. The van der Waals surface area contributed by atoms with Crippen molar-refractivity contribution in [1.82, 2.24) is 0 Å². The van der Waals surface area contributed by atoms with Gasteiger partial charge in [-0.15, -0.1) is 0 Å². The van der Waals surface area contributed by atoms with Gasteiger partial charge in [0.2, 0.25) is 15.3 Å². The number of halogens is 2. The summed E-state index contributed by atoms with van der Waals surface area (Å²) in [4.78, 5) is 0.241. The fourth-order valence-electron chi connectivity index (χ4n) is 2.11. The van der Waals surface area contributed by atoms with E-state index in [2.05, 4.69) is 21.2 Å². The minimum absolute atomic E-state index is 0.164. The Labute approximate surface area is 136 Å². The summed E-state index contributed by atoms with van der Waals surface area (Å²) in [5.74, 6) is 0.454. The van der Waals surface area contributed by atoms with E-state index in [1.165, 1.54) is 0 Å². The van der Waals surface area contributed by atoms with Gasteiger partial charge in [0.05, 0.1) is 21.6 Å². The lowest BCUT2D eigenvalue weighted by atomic mass is 10.2. The van der Waals surface area contributed by atoms with Gasteiger partial charge in [-0.1, -0.05) is 29.8 Å². The lowest BCUT2D eigenvalue weighted by Gasteiger charge is -2.28. The molecule has 0 saturated heterocycles. The normalized spacial score (nSPS) is 17.5. The summed E-state index contributed by atoms with van der Waals surface area (Å²) < 4.78 is 31.4. The number of nitrogens with one attached hydrogen (secondary N) is 1. The average Bonchev–Trinajstić information content (AvgIpc) is 2.47. The maximum absolute atomic E-state index is 12.6. The van der Waals surface area contributed by atoms with Crippen LogP contribution < -0.4 is 10.1 Å². The van der Waals surface area contributed by atoms with Gasteiger partial charge < -0.3 is 10.1 Å². The number of benzene rings is 2. The van der Waals surface area contributed by atoms with Crippen LogP contribution in [0.25, 0.3) is 0 Å². The van der Waals surface area contributed by atoms with E-state index < -0.39 is 15.3 Å². The molecule has 1 aliphatic heterocycles. The van der Waals surface area contributed by atoms with Crippen LogP contribution in [0.4, 0.5) is 5.69 Å². The highest BCUT2D eigenvalue weighted by Crippen LogP contribution is 2.40. The lowest BCUT2D eigenvalue weighted by molar-refractivity contribution is 0.274. The first-order valence-electron chi connectivity index (χ1n) is 6.17. The maximum Gasteiger partial charge on any atom is 0.220 e. The first-order valence-corrected chi connectivity index (χ1v) is 8.89. The zero-order valence-corrected chi connectivity index (χ0v) is 13.9. The van der Waals surface area contributed by atoms with Crippen LogP contribution in [0, 0.1) is 0 Å². The highest BCUT2D eigenvalue weighted by molar-refractivity contribution is 9.10. The summed E-state index contributed by atoms with van der Waals surface area (Å²) in [6.07, 6.45) is 0. The molecule has 0 aliphatic carbocycles. The molecule has 1 N–H and O–H groups in total. The van der Waals surface area contributed by atoms with Crippen LogP contribution in [0.15, 0.2) is 51.8 Å². The first kappa shape index (κ1) is 14.7. The van der Waals surface area contributed by atoms with Crippen LogP contribution in [-0.2, 0) is 9.84 Å². The molecule has 0 fully saturated rings. The van der Waals surface area contributed by atoms with Gasteiger partial charge in [0.15, 0.2) is 5.75 Å². The SMILES string of the molecule is O=S(=O)(c1ccccc1)C1CNc2cc(Cl)cc(Br)c2O1. The fraction of sp³-hybridized carbons (Fsp3) is 0.143. The van der Waals surface area contributed by atoms with E-state index in [1.807, 2.05) is 0 Å². The number of sulfone groups is 1. The molecule has 1 aliphatic rings. The first-order chi connectivity index (χ1) is 9.98. The highest BCUT2D eigenvalue weighted by Gasteiger charge is 2.33. The second-order valence-corrected chi connectivity index (χ2v) is 7.93. The second-order valence-electron chi connectivity index (χ2n) is 4.55. The Kier molecular flexibility index (Phi) is 3.86. The van der Waals surface area contributed by atoms with Crippen LogP contribution in [0.3, 0.4) is 0 Å². The third-order valence-electron chi connectivity index (χ3n) is 3.13. The second kappa shape index (κ2) is 5.51. The van der Waals surface area contributed by atoms with Gasteiger partial charge in [-0.25, -0.2) is 8.42 Å². The summed E-state index contributed by atoms with van der Waals surface area (Å²) >= 11 is 9.30. The average molecular weight is 389 g/mol. The van der Waals surface area contributed by atoms with Crippen LogP contribution in [-0.4, -0.2) is 20.4 Å². The fourth-order valence-corrected chi connectivity index (χ4v) is 4.38. The molecule has 2 aromatic carbocycles. The third-order valence-corrected chi connectivity index (χ3v) is 5.83. The van der Waals surface area contributed by atoms with Gasteiger partial charge >= 0.3 is 0 Å². The molecule has 0 bridgehead atoms. The Hall–Kier alpha value is -1.24. The van der Waals surface area contributed by atoms with E-state index in [0.717, 1.165) is 0 Å². The summed E-state index contributed by atoms with van der Waals surface area (Å²) in [7, 11) is -3.57. The monoisotopic (exact) mass is 387 g/mol. The lowest BCUT2D eigenvalue weighted by Crippen LogP contribution is -2.37. The highest BCUT2D eigenvalue weighted by atomic mass is 79.9. The van der Waals surface area contributed by atoms with Gasteiger partial charge in [0.25, 0.3) is 0 Å². The van der Waals surface area contributed by atoms with Crippen molar-refractivity contribution < 1.29 is 13.2 Å². The molecule has 1 atom stereocenters. The molecule has 0 saturated carbocycles. The Morgan fingerprint density at radius 1 is 1.24 bits per heavy atom. The Bertz CT molecular complexity index is 780. The molecule has 0 spiro atoms. The summed E-state index contributed by atoms with van der Waals surface area (Å²) in [5, 5.41) is 3.59. The number of anilines is 1. The summed E-state index contributed by atoms with van der Waals surface area (Å²) in [6, 6.07) is 11.6. The molecule has 0 radical (unpaired) electrons. The Morgan fingerprint density at radius 2 is 1.95 bits per heavy atom. The maximum atomic E-state index is 12.6. The van der Waals surface area contributed by atoms with Crippen molar-refractivity contribution in [1.29, 1.82) is 0 Å². The molecule has 0 aromatic heterocycles. The molecular weight excluding hydrogens is 378 g/mol. The molecule has 1 heterocycles. The van der Waals surface area contributed by atoms with E-state index in [9.17, 15) is 8.42 Å². The van der Waals surface area contributed by atoms with Crippen LogP contribution in [0.5, 0.6) is 5.75 Å². The zero-order valence-electron chi connectivity index (χ0n) is 10.7. The van der Waals surface area contributed by atoms with E-state index in [4.69, 9.17) is 16.3 Å². The molecule has 110 valence electrons. The van der Waals surface area contributed by atoms with Gasteiger partial charge in [0.1, 0.15) is 0 Å². The number of ether oxygens (including phenoxy) is 1. The summed E-state index contributed by atoms with van der Waals surface area (Å²) in [5.41, 5.74) is -0.307.